The first-order valence-corrected chi connectivity index (χ1v) is 9.62. The summed E-state index contributed by atoms with van der Waals surface area (Å²) in [5.41, 5.74) is 5.59. The van der Waals surface area contributed by atoms with Crippen molar-refractivity contribution in [3.8, 4) is 16.3 Å². The number of benzene rings is 2. The summed E-state index contributed by atoms with van der Waals surface area (Å²) in [5, 5.41) is 16.9. The summed E-state index contributed by atoms with van der Waals surface area (Å²) in [6.45, 7) is 4.00. The van der Waals surface area contributed by atoms with Crippen LogP contribution in [0.25, 0.3) is 16.3 Å². The van der Waals surface area contributed by atoms with Crippen LogP contribution < -0.4 is 5.32 Å². The highest BCUT2D eigenvalue weighted by Crippen LogP contribution is 2.24. The zero-order valence-electron chi connectivity index (χ0n) is 15.5. The Balaban J connectivity index is 1.42. The number of rotatable bonds is 5. The lowest BCUT2D eigenvalue weighted by Gasteiger charge is -2.08. The monoisotopic (exact) mass is 390 g/mol. The average Bonchev–Trinajstić information content (AvgIpc) is 3.35. The Labute approximate surface area is 166 Å². The van der Waals surface area contributed by atoms with Crippen LogP contribution in [0.2, 0.25) is 0 Å². The van der Waals surface area contributed by atoms with Crippen molar-refractivity contribution in [3.63, 3.8) is 0 Å². The van der Waals surface area contributed by atoms with Gasteiger partial charge in [0.25, 0.3) is 0 Å². The molecule has 4 aromatic rings. The smallest absolute Gasteiger partial charge is 0.230 e. The van der Waals surface area contributed by atoms with Gasteiger partial charge >= 0.3 is 0 Å². The molecule has 0 atom stereocenters. The Morgan fingerprint density at radius 3 is 2.68 bits per heavy atom. The van der Waals surface area contributed by atoms with E-state index in [1.165, 1.54) is 11.9 Å². The molecule has 0 saturated carbocycles. The third-order valence-electron chi connectivity index (χ3n) is 4.27. The van der Waals surface area contributed by atoms with Crippen molar-refractivity contribution in [2.45, 2.75) is 20.3 Å². The molecule has 2 aromatic carbocycles. The second-order valence-corrected chi connectivity index (χ2v) is 7.35. The van der Waals surface area contributed by atoms with E-state index in [1.807, 2.05) is 42.6 Å². The highest BCUT2D eigenvalue weighted by atomic mass is 32.1. The number of thiazole rings is 1. The van der Waals surface area contributed by atoms with Gasteiger partial charge in [-0.15, -0.1) is 16.4 Å². The summed E-state index contributed by atoms with van der Waals surface area (Å²) >= 11 is 1.55. The van der Waals surface area contributed by atoms with Gasteiger partial charge in [-0.3, -0.25) is 4.79 Å². The van der Waals surface area contributed by atoms with Gasteiger partial charge in [-0.1, -0.05) is 29.8 Å². The lowest BCUT2D eigenvalue weighted by molar-refractivity contribution is -0.115. The van der Waals surface area contributed by atoms with E-state index in [0.29, 0.717) is 0 Å². The van der Waals surface area contributed by atoms with Crippen molar-refractivity contribution in [2.24, 2.45) is 0 Å². The Morgan fingerprint density at radius 2 is 1.96 bits per heavy atom. The Bertz CT molecular complexity index is 1100. The Hall–Kier alpha value is -3.39. The van der Waals surface area contributed by atoms with Crippen LogP contribution in [-0.2, 0) is 11.2 Å². The molecular formula is C20H18N6OS. The van der Waals surface area contributed by atoms with Gasteiger partial charge < -0.3 is 5.32 Å². The van der Waals surface area contributed by atoms with Gasteiger partial charge in [0, 0.05) is 16.6 Å². The van der Waals surface area contributed by atoms with Crippen LogP contribution in [-0.4, -0.2) is 31.1 Å². The molecule has 1 amide bonds. The van der Waals surface area contributed by atoms with Crippen molar-refractivity contribution in [3.05, 3.63) is 71.0 Å². The molecule has 0 unspecified atom stereocenters. The molecule has 0 fully saturated rings. The van der Waals surface area contributed by atoms with Gasteiger partial charge in [0.1, 0.15) is 11.3 Å². The first-order chi connectivity index (χ1) is 13.6. The number of tetrazole rings is 1. The van der Waals surface area contributed by atoms with E-state index in [1.54, 1.807) is 16.0 Å². The Morgan fingerprint density at radius 1 is 1.14 bits per heavy atom. The second-order valence-electron chi connectivity index (χ2n) is 6.49. The van der Waals surface area contributed by atoms with Crippen LogP contribution in [0.4, 0.5) is 5.69 Å². The molecule has 0 saturated heterocycles. The molecule has 1 N–H and O–H groups in total. The highest BCUT2D eigenvalue weighted by molar-refractivity contribution is 7.13. The van der Waals surface area contributed by atoms with Gasteiger partial charge in [0.2, 0.25) is 5.91 Å². The number of amides is 1. The molecule has 0 aliphatic heterocycles. The minimum atomic E-state index is -0.102. The van der Waals surface area contributed by atoms with E-state index in [4.69, 9.17) is 0 Å². The lowest BCUT2D eigenvalue weighted by Crippen LogP contribution is -2.15. The molecule has 8 heteroatoms. The molecule has 0 aliphatic rings. The zero-order valence-corrected chi connectivity index (χ0v) is 16.3. The number of hydrogen-bond acceptors (Lipinski definition) is 6. The maximum absolute atomic E-state index is 12.4. The molecule has 0 bridgehead atoms. The number of hydrogen-bond donors (Lipinski definition) is 1. The third-order valence-corrected chi connectivity index (χ3v) is 5.21. The largest absolute Gasteiger partial charge is 0.326 e. The summed E-state index contributed by atoms with van der Waals surface area (Å²) in [4.78, 5) is 17.0. The summed E-state index contributed by atoms with van der Waals surface area (Å²) in [6.07, 6.45) is 1.77. The number of aryl methyl sites for hydroxylation is 2. The zero-order chi connectivity index (χ0) is 19.5. The second kappa shape index (κ2) is 7.69. The van der Waals surface area contributed by atoms with E-state index >= 15 is 0 Å². The molecule has 140 valence electrons. The number of anilines is 1. The van der Waals surface area contributed by atoms with E-state index in [0.717, 1.165) is 33.2 Å². The van der Waals surface area contributed by atoms with Crippen LogP contribution in [0.5, 0.6) is 0 Å². The van der Waals surface area contributed by atoms with Gasteiger partial charge in [0.05, 0.1) is 17.8 Å². The fourth-order valence-electron chi connectivity index (χ4n) is 2.85. The SMILES string of the molecule is Cc1ccc(-c2nc(CC(=O)Nc3ccc(-n4cnnn4)c(C)c3)cs2)cc1. The molecule has 4 rings (SSSR count). The van der Waals surface area contributed by atoms with Crippen molar-refractivity contribution in [1.29, 1.82) is 0 Å². The molecule has 2 heterocycles. The van der Waals surface area contributed by atoms with Crippen molar-refractivity contribution >= 4 is 22.9 Å². The maximum Gasteiger partial charge on any atom is 0.230 e. The van der Waals surface area contributed by atoms with Crippen LogP contribution in [0.1, 0.15) is 16.8 Å². The summed E-state index contributed by atoms with van der Waals surface area (Å²) in [6, 6.07) is 13.8. The quantitative estimate of drug-likeness (QED) is 0.563. The molecule has 7 nitrogen and oxygen atoms in total. The number of nitrogens with zero attached hydrogens (tertiary/aromatic N) is 5. The average molecular weight is 390 g/mol. The van der Waals surface area contributed by atoms with Crippen molar-refractivity contribution < 1.29 is 4.79 Å². The van der Waals surface area contributed by atoms with Crippen LogP contribution >= 0.6 is 11.3 Å². The van der Waals surface area contributed by atoms with Gasteiger partial charge in [-0.2, -0.15) is 0 Å². The van der Waals surface area contributed by atoms with Gasteiger partial charge in [-0.25, -0.2) is 9.67 Å². The van der Waals surface area contributed by atoms with Gasteiger partial charge in [-0.05, 0) is 48.0 Å². The Kier molecular flexibility index (Phi) is 4.94. The molecule has 0 spiro atoms. The predicted molar refractivity (Wildman–Crippen MR) is 109 cm³/mol. The first kappa shape index (κ1) is 18.0. The summed E-state index contributed by atoms with van der Waals surface area (Å²) in [7, 11) is 0. The molecule has 2 aromatic heterocycles. The normalized spacial score (nSPS) is 10.8. The van der Waals surface area contributed by atoms with Crippen LogP contribution in [0, 0.1) is 13.8 Å². The fraction of sp³-hybridized carbons (Fsp3) is 0.150. The van der Waals surface area contributed by atoms with Crippen molar-refractivity contribution in [1.82, 2.24) is 25.2 Å². The minimum absolute atomic E-state index is 0.102. The summed E-state index contributed by atoms with van der Waals surface area (Å²) < 4.78 is 1.59. The predicted octanol–water partition coefficient (Wildman–Crippen LogP) is 3.58. The number of nitrogens with one attached hydrogen (secondary N) is 1. The van der Waals surface area contributed by atoms with E-state index in [9.17, 15) is 4.79 Å². The fourth-order valence-corrected chi connectivity index (χ4v) is 3.67. The van der Waals surface area contributed by atoms with E-state index in [-0.39, 0.29) is 12.3 Å². The van der Waals surface area contributed by atoms with Gasteiger partial charge in [0.15, 0.2) is 0 Å². The van der Waals surface area contributed by atoms with Crippen LogP contribution in [0.15, 0.2) is 54.2 Å². The minimum Gasteiger partial charge on any atom is -0.326 e. The number of aromatic nitrogens is 5. The van der Waals surface area contributed by atoms with Crippen LogP contribution in [0.3, 0.4) is 0 Å². The summed E-state index contributed by atoms with van der Waals surface area (Å²) in [5.74, 6) is -0.102. The highest BCUT2D eigenvalue weighted by Gasteiger charge is 2.11. The maximum atomic E-state index is 12.4. The molecule has 0 aliphatic carbocycles. The first-order valence-electron chi connectivity index (χ1n) is 8.74. The van der Waals surface area contributed by atoms with E-state index < -0.39 is 0 Å². The number of carbonyl (C=O) groups excluding carboxylic acids is 1. The standard InChI is InChI=1S/C20H18N6OS/c1-13-3-5-15(6-4-13)20-23-17(11-28-20)10-19(27)22-16-7-8-18(14(2)9-16)26-12-21-24-25-26/h3-9,11-12H,10H2,1-2H3,(H,22,27). The van der Waals surface area contributed by atoms with Crippen molar-refractivity contribution in [2.75, 3.05) is 5.32 Å². The molecular weight excluding hydrogens is 372 g/mol. The molecule has 0 radical (unpaired) electrons. The topological polar surface area (TPSA) is 85.6 Å². The molecule has 28 heavy (non-hydrogen) atoms. The van der Waals surface area contributed by atoms with E-state index in [2.05, 4.69) is 44.9 Å². The third kappa shape index (κ3) is 3.96. The number of carbonyl (C=O) groups is 1. The lowest BCUT2D eigenvalue weighted by atomic mass is 10.1.